The second-order valence-corrected chi connectivity index (χ2v) is 3.53. The molecule has 0 aromatic rings. The predicted octanol–water partition coefficient (Wildman–Crippen LogP) is -3.89. The molecule has 0 fully saturated rings. The van der Waals surface area contributed by atoms with Gasteiger partial charge in [0.25, 0.3) is 0 Å². The summed E-state index contributed by atoms with van der Waals surface area (Å²) < 4.78 is 4.91. The number of halogens is 1. The molecule has 0 aliphatic carbocycles. The van der Waals surface area contributed by atoms with Gasteiger partial charge in [-0.05, 0) is 6.92 Å². The Bertz CT molecular complexity index is 376. The fourth-order valence-corrected chi connectivity index (χ4v) is 1.61. The topological polar surface area (TPSA) is 46.3 Å². The highest BCUT2D eigenvalue weighted by Gasteiger charge is 2.27. The average Bonchev–Trinajstić information content (AvgIpc) is 2.57. The largest absolute Gasteiger partial charge is 1.00 e. The summed E-state index contributed by atoms with van der Waals surface area (Å²) in [5.74, 6) is 0.632. The highest BCUT2D eigenvalue weighted by molar-refractivity contribution is 6.09. The van der Waals surface area contributed by atoms with Crippen LogP contribution in [0.5, 0.6) is 0 Å². The Morgan fingerprint density at radius 2 is 2.44 bits per heavy atom. The standard InChI is InChI=1S/C10H13N3O2.ClH/c1-3-15-10(14)8-4-11-9-6-12(2)7-13(9)5-8;/h4-6H,3,7H2,1-2H3;1H. The molecular weight excluding hydrogens is 230 g/mol. The Morgan fingerprint density at radius 3 is 3.12 bits per heavy atom. The minimum Gasteiger partial charge on any atom is -1.00 e. The van der Waals surface area contributed by atoms with Crippen LogP contribution in [0.1, 0.15) is 6.92 Å². The van der Waals surface area contributed by atoms with Gasteiger partial charge < -0.3 is 22.0 Å². The molecular formula is C10H14ClN3O2. The number of esters is 1. The molecule has 0 bridgehead atoms. The SMILES string of the molecule is CCOC(=O)C1=C[NH+]2CN(C)C=C2N=C1.[Cl-]. The van der Waals surface area contributed by atoms with E-state index in [1.165, 1.54) is 0 Å². The molecule has 88 valence electrons. The fraction of sp³-hybridized carbons (Fsp3) is 0.400. The third-order valence-corrected chi connectivity index (χ3v) is 2.28. The molecule has 0 aromatic carbocycles. The van der Waals surface area contributed by atoms with Gasteiger partial charge in [0.15, 0.2) is 6.67 Å². The smallest absolute Gasteiger partial charge is 0.345 e. The molecule has 2 rings (SSSR count). The first-order valence-electron chi connectivity index (χ1n) is 4.92. The van der Waals surface area contributed by atoms with Crippen molar-refractivity contribution in [2.24, 2.45) is 4.99 Å². The first kappa shape index (κ1) is 12.7. The van der Waals surface area contributed by atoms with E-state index in [1.807, 2.05) is 24.3 Å². The first-order valence-corrected chi connectivity index (χ1v) is 4.92. The lowest BCUT2D eigenvalue weighted by molar-refractivity contribution is -0.808. The summed E-state index contributed by atoms with van der Waals surface area (Å²) in [6, 6.07) is 0. The van der Waals surface area contributed by atoms with Crippen molar-refractivity contribution in [1.82, 2.24) is 4.90 Å². The highest BCUT2D eigenvalue weighted by atomic mass is 35.5. The maximum absolute atomic E-state index is 11.4. The summed E-state index contributed by atoms with van der Waals surface area (Å²) in [6.07, 6.45) is 5.37. The summed E-state index contributed by atoms with van der Waals surface area (Å²) in [4.78, 5) is 18.8. The maximum atomic E-state index is 11.4. The van der Waals surface area contributed by atoms with Crippen LogP contribution in [0.4, 0.5) is 0 Å². The van der Waals surface area contributed by atoms with Crippen molar-refractivity contribution < 1.29 is 26.8 Å². The molecule has 0 saturated heterocycles. The number of rotatable bonds is 2. The Balaban J connectivity index is 0.00000128. The van der Waals surface area contributed by atoms with E-state index in [4.69, 9.17) is 4.74 Å². The van der Waals surface area contributed by atoms with Crippen LogP contribution in [-0.2, 0) is 9.53 Å². The Kier molecular flexibility index (Phi) is 4.09. The Hall–Kier alpha value is -1.33. The number of ether oxygens (including phenoxy) is 1. The third kappa shape index (κ3) is 2.43. The summed E-state index contributed by atoms with van der Waals surface area (Å²) in [5, 5.41) is 0. The minimum atomic E-state index is -0.303. The van der Waals surface area contributed by atoms with E-state index in [-0.39, 0.29) is 18.4 Å². The quantitative estimate of drug-likeness (QED) is 0.505. The van der Waals surface area contributed by atoms with Crippen LogP contribution < -0.4 is 17.3 Å². The van der Waals surface area contributed by atoms with Gasteiger partial charge in [-0.25, -0.2) is 14.7 Å². The number of nitrogens with zero attached hydrogens (tertiary/aromatic N) is 2. The van der Waals surface area contributed by atoms with E-state index >= 15 is 0 Å². The Morgan fingerprint density at radius 1 is 1.69 bits per heavy atom. The molecule has 2 aliphatic heterocycles. The molecule has 1 unspecified atom stereocenters. The molecule has 5 nitrogen and oxygen atoms in total. The van der Waals surface area contributed by atoms with E-state index in [1.54, 1.807) is 13.1 Å². The van der Waals surface area contributed by atoms with E-state index in [0.717, 1.165) is 17.4 Å². The van der Waals surface area contributed by atoms with Gasteiger partial charge in [-0.15, -0.1) is 0 Å². The Labute approximate surface area is 100 Å². The first-order chi connectivity index (χ1) is 7.20. The second kappa shape index (κ2) is 5.14. The summed E-state index contributed by atoms with van der Waals surface area (Å²) in [5.41, 5.74) is 0.527. The zero-order valence-corrected chi connectivity index (χ0v) is 9.99. The number of hydrogen-bond acceptors (Lipinski definition) is 4. The third-order valence-electron chi connectivity index (χ3n) is 2.28. The van der Waals surface area contributed by atoms with Crippen LogP contribution in [-0.4, -0.2) is 37.4 Å². The molecule has 6 heteroatoms. The van der Waals surface area contributed by atoms with Gasteiger partial charge >= 0.3 is 5.97 Å². The summed E-state index contributed by atoms with van der Waals surface area (Å²) in [7, 11) is 1.98. The molecule has 0 aromatic heterocycles. The van der Waals surface area contributed by atoms with Crippen molar-refractivity contribution >= 4 is 12.2 Å². The highest BCUT2D eigenvalue weighted by Crippen LogP contribution is 2.04. The van der Waals surface area contributed by atoms with Gasteiger partial charge in [-0.1, -0.05) is 0 Å². The van der Waals surface area contributed by atoms with E-state index < -0.39 is 0 Å². The van der Waals surface area contributed by atoms with Gasteiger partial charge in [-0.3, -0.25) is 0 Å². The maximum Gasteiger partial charge on any atom is 0.345 e. The molecule has 1 atom stereocenters. The minimum absolute atomic E-state index is 0. The molecule has 0 saturated carbocycles. The van der Waals surface area contributed by atoms with Crippen molar-refractivity contribution in [3.63, 3.8) is 0 Å². The van der Waals surface area contributed by atoms with Crippen LogP contribution in [0.25, 0.3) is 0 Å². The van der Waals surface area contributed by atoms with Crippen molar-refractivity contribution in [3.05, 3.63) is 23.8 Å². The zero-order valence-electron chi connectivity index (χ0n) is 9.24. The lowest BCUT2D eigenvalue weighted by Gasteiger charge is -2.13. The van der Waals surface area contributed by atoms with Crippen molar-refractivity contribution in [2.45, 2.75) is 6.92 Å². The van der Waals surface area contributed by atoms with Crippen molar-refractivity contribution in [3.8, 4) is 0 Å². The van der Waals surface area contributed by atoms with Crippen LogP contribution in [0.15, 0.2) is 28.8 Å². The molecule has 2 heterocycles. The normalized spacial score (nSPS) is 21.9. The zero-order chi connectivity index (χ0) is 10.8. The van der Waals surface area contributed by atoms with Crippen LogP contribution in [0.3, 0.4) is 0 Å². The molecule has 1 N–H and O–H groups in total. The average molecular weight is 244 g/mol. The van der Waals surface area contributed by atoms with E-state index in [0.29, 0.717) is 12.2 Å². The van der Waals surface area contributed by atoms with Gasteiger partial charge in [0.2, 0.25) is 5.82 Å². The lowest BCUT2D eigenvalue weighted by Crippen LogP contribution is -3.05. The molecule has 0 radical (unpaired) electrons. The van der Waals surface area contributed by atoms with Gasteiger partial charge in [0, 0.05) is 7.05 Å². The number of aliphatic imine (C=N–C) groups is 1. The monoisotopic (exact) mass is 243 g/mol. The number of carbonyl (C=O) groups is 1. The number of quaternary nitrogens is 1. The number of fused-ring (bicyclic) bond motifs is 1. The molecule has 0 amide bonds. The number of hydrogen-bond donors (Lipinski definition) is 1. The second-order valence-electron chi connectivity index (χ2n) is 3.53. The molecule has 0 spiro atoms. The number of carbonyl (C=O) groups excluding carboxylic acids is 1. The lowest BCUT2D eigenvalue weighted by atomic mass is 10.3. The van der Waals surface area contributed by atoms with E-state index in [9.17, 15) is 4.79 Å². The summed E-state index contributed by atoms with van der Waals surface area (Å²) >= 11 is 0. The fourth-order valence-electron chi connectivity index (χ4n) is 1.61. The van der Waals surface area contributed by atoms with Crippen LogP contribution >= 0.6 is 0 Å². The predicted molar refractivity (Wildman–Crippen MR) is 54.9 cm³/mol. The van der Waals surface area contributed by atoms with E-state index in [2.05, 4.69) is 4.99 Å². The molecule has 2 aliphatic rings. The van der Waals surface area contributed by atoms with Crippen molar-refractivity contribution in [2.75, 3.05) is 20.3 Å². The van der Waals surface area contributed by atoms with Gasteiger partial charge in [0.1, 0.15) is 11.8 Å². The molecule has 16 heavy (non-hydrogen) atoms. The van der Waals surface area contributed by atoms with Crippen LogP contribution in [0.2, 0.25) is 0 Å². The van der Waals surface area contributed by atoms with Gasteiger partial charge in [-0.2, -0.15) is 0 Å². The van der Waals surface area contributed by atoms with Crippen molar-refractivity contribution in [1.29, 1.82) is 0 Å². The van der Waals surface area contributed by atoms with Gasteiger partial charge in [0.05, 0.1) is 19.0 Å². The number of nitrogens with one attached hydrogen (secondary N) is 1. The van der Waals surface area contributed by atoms with Crippen LogP contribution in [0, 0.1) is 0 Å². The summed E-state index contributed by atoms with van der Waals surface area (Å²) in [6.45, 7) is 2.98.